The second-order valence-electron chi connectivity index (χ2n) is 6.72. The molecule has 1 aliphatic rings. The molecule has 0 spiro atoms. The number of imide groups is 1. The Hall–Kier alpha value is -2.90. The predicted molar refractivity (Wildman–Crippen MR) is 109 cm³/mol. The molecule has 1 fully saturated rings. The highest BCUT2D eigenvalue weighted by Crippen LogP contribution is 2.34. The van der Waals surface area contributed by atoms with E-state index in [-0.39, 0.29) is 10.8 Å². The molecule has 2 N–H and O–H groups in total. The number of rotatable bonds is 5. The normalized spacial score (nSPS) is 18.6. The fourth-order valence-electron chi connectivity index (χ4n) is 3.15. The van der Waals surface area contributed by atoms with Crippen molar-refractivity contribution >= 4 is 52.5 Å². The van der Waals surface area contributed by atoms with Gasteiger partial charge in [0.25, 0.3) is 5.91 Å². The number of anilines is 1. The molecule has 1 atom stereocenters. The van der Waals surface area contributed by atoms with Crippen LogP contribution in [0.15, 0.2) is 42.5 Å². The molecular formula is C20H17Cl2N3O4. The first-order chi connectivity index (χ1) is 13.6. The number of Topliss-reactive ketones (excluding diaryl/α,β-unsaturated/α-hetero) is 1. The Labute approximate surface area is 177 Å². The average Bonchev–Trinajstić information content (AvgIpc) is 2.85. The van der Waals surface area contributed by atoms with Gasteiger partial charge in [-0.15, -0.1) is 0 Å². The molecule has 1 heterocycles. The van der Waals surface area contributed by atoms with Crippen molar-refractivity contribution in [1.29, 1.82) is 0 Å². The van der Waals surface area contributed by atoms with E-state index in [2.05, 4.69) is 10.6 Å². The van der Waals surface area contributed by atoms with Crippen LogP contribution in [-0.2, 0) is 15.1 Å². The van der Waals surface area contributed by atoms with Crippen LogP contribution in [0.25, 0.3) is 0 Å². The summed E-state index contributed by atoms with van der Waals surface area (Å²) in [6.45, 7) is 2.37. The molecule has 1 aliphatic heterocycles. The molecule has 2 aromatic carbocycles. The van der Waals surface area contributed by atoms with E-state index in [4.69, 9.17) is 23.2 Å². The molecule has 1 unspecified atom stereocenters. The predicted octanol–water partition coefficient (Wildman–Crippen LogP) is 3.60. The quantitative estimate of drug-likeness (QED) is 0.555. The molecule has 1 saturated heterocycles. The van der Waals surface area contributed by atoms with Crippen molar-refractivity contribution < 1.29 is 19.2 Å². The molecule has 0 saturated carbocycles. The van der Waals surface area contributed by atoms with E-state index in [1.54, 1.807) is 36.4 Å². The topological polar surface area (TPSA) is 95.6 Å². The first-order valence-electron chi connectivity index (χ1n) is 8.63. The second-order valence-corrected chi connectivity index (χ2v) is 7.56. The maximum atomic E-state index is 13.0. The van der Waals surface area contributed by atoms with Crippen LogP contribution in [0.4, 0.5) is 10.5 Å². The minimum absolute atomic E-state index is 0.218. The monoisotopic (exact) mass is 433 g/mol. The molecule has 0 bridgehead atoms. The minimum Gasteiger partial charge on any atom is -0.324 e. The van der Waals surface area contributed by atoms with Gasteiger partial charge in [-0.25, -0.2) is 4.79 Å². The molecule has 0 radical (unpaired) electrons. The molecule has 3 rings (SSSR count). The molecule has 7 nitrogen and oxygen atoms in total. The third-order valence-corrected chi connectivity index (χ3v) is 5.17. The number of hydrogen-bond acceptors (Lipinski definition) is 4. The lowest BCUT2D eigenvalue weighted by Crippen LogP contribution is -2.42. The van der Waals surface area contributed by atoms with Crippen molar-refractivity contribution in [2.45, 2.75) is 19.4 Å². The summed E-state index contributed by atoms with van der Waals surface area (Å²) in [7, 11) is 0. The molecule has 150 valence electrons. The van der Waals surface area contributed by atoms with Gasteiger partial charge in [-0.2, -0.15) is 0 Å². The van der Waals surface area contributed by atoms with Gasteiger partial charge in [0.15, 0.2) is 5.78 Å². The number of ketones is 1. The van der Waals surface area contributed by atoms with E-state index in [1.165, 1.54) is 19.9 Å². The number of nitrogens with zero attached hydrogens (tertiary/aromatic N) is 1. The summed E-state index contributed by atoms with van der Waals surface area (Å²) in [5.74, 6) is -1.46. The largest absolute Gasteiger partial charge is 0.325 e. The number of carbonyl (C=O) groups is 4. The van der Waals surface area contributed by atoms with Crippen LogP contribution in [0.3, 0.4) is 0 Å². The second kappa shape index (κ2) is 7.85. The van der Waals surface area contributed by atoms with Crippen LogP contribution in [0.1, 0.15) is 29.8 Å². The third-order valence-electron chi connectivity index (χ3n) is 4.63. The van der Waals surface area contributed by atoms with Crippen molar-refractivity contribution in [3.05, 3.63) is 63.6 Å². The fourth-order valence-corrected chi connectivity index (χ4v) is 3.75. The van der Waals surface area contributed by atoms with Crippen LogP contribution in [0.5, 0.6) is 0 Å². The third kappa shape index (κ3) is 3.97. The molecule has 0 aromatic heterocycles. The van der Waals surface area contributed by atoms with Gasteiger partial charge in [0.2, 0.25) is 5.91 Å². The van der Waals surface area contributed by atoms with Crippen molar-refractivity contribution in [3.63, 3.8) is 0 Å². The summed E-state index contributed by atoms with van der Waals surface area (Å²) < 4.78 is 0. The summed E-state index contributed by atoms with van der Waals surface area (Å²) in [4.78, 5) is 50.3. The molecule has 9 heteroatoms. The van der Waals surface area contributed by atoms with Gasteiger partial charge in [0.05, 0.1) is 5.69 Å². The zero-order valence-electron chi connectivity index (χ0n) is 15.6. The van der Waals surface area contributed by atoms with E-state index < -0.39 is 29.9 Å². The minimum atomic E-state index is -1.43. The van der Waals surface area contributed by atoms with Crippen molar-refractivity contribution in [1.82, 2.24) is 10.2 Å². The summed E-state index contributed by atoms with van der Waals surface area (Å²) in [5.41, 5.74) is -0.431. The number of halogens is 2. The Kier molecular flexibility index (Phi) is 5.64. The highest BCUT2D eigenvalue weighted by atomic mass is 35.5. The van der Waals surface area contributed by atoms with E-state index in [0.717, 1.165) is 4.90 Å². The van der Waals surface area contributed by atoms with Gasteiger partial charge in [-0.1, -0.05) is 41.4 Å². The number of hydrogen-bond donors (Lipinski definition) is 2. The van der Waals surface area contributed by atoms with E-state index in [0.29, 0.717) is 21.8 Å². The van der Waals surface area contributed by atoms with Gasteiger partial charge in [0, 0.05) is 21.2 Å². The highest BCUT2D eigenvalue weighted by Gasteiger charge is 2.50. The number of nitrogens with one attached hydrogen (secondary N) is 2. The Morgan fingerprint density at radius 1 is 1.14 bits per heavy atom. The lowest BCUT2D eigenvalue weighted by atomic mass is 9.92. The summed E-state index contributed by atoms with van der Waals surface area (Å²) in [6.07, 6.45) is 0. The Balaban J connectivity index is 1.80. The standard InChI is InChI=1S/C20H17Cl2N3O4/c1-11(26)13-5-3-4-6-16(13)23-17(27)10-25-18(28)20(2,24-19(25)29)14-8-7-12(21)9-15(14)22/h3-9H,10H2,1-2H3,(H,23,27)(H,24,29). The van der Waals surface area contributed by atoms with Gasteiger partial charge >= 0.3 is 6.03 Å². The lowest BCUT2D eigenvalue weighted by molar-refractivity contribution is -0.133. The Bertz CT molecular complexity index is 1040. The number of carbonyl (C=O) groups excluding carboxylic acids is 4. The summed E-state index contributed by atoms with van der Waals surface area (Å²) in [5, 5.41) is 5.76. The van der Waals surface area contributed by atoms with Crippen LogP contribution < -0.4 is 10.6 Å². The van der Waals surface area contributed by atoms with Crippen molar-refractivity contribution in [2.75, 3.05) is 11.9 Å². The molecule has 4 amide bonds. The van der Waals surface area contributed by atoms with E-state index in [1.807, 2.05) is 0 Å². The van der Waals surface area contributed by atoms with E-state index in [9.17, 15) is 19.2 Å². The zero-order chi connectivity index (χ0) is 21.3. The Morgan fingerprint density at radius 2 is 1.83 bits per heavy atom. The number of para-hydroxylation sites is 1. The summed E-state index contributed by atoms with van der Waals surface area (Å²) in [6, 6.07) is 10.3. The van der Waals surface area contributed by atoms with Gasteiger partial charge in [-0.3, -0.25) is 19.3 Å². The highest BCUT2D eigenvalue weighted by molar-refractivity contribution is 6.35. The van der Waals surface area contributed by atoms with Crippen molar-refractivity contribution in [3.8, 4) is 0 Å². The maximum Gasteiger partial charge on any atom is 0.325 e. The molecule has 29 heavy (non-hydrogen) atoms. The first kappa shape index (κ1) is 20.8. The maximum absolute atomic E-state index is 13.0. The number of urea groups is 1. The van der Waals surface area contributed by atoms with Crippen LogP contribution in [-0.4, -0.2) is 35.1 Å². The summed E-state index contributed by atoms with van der Waals surface area (Å²) >= 11 is 12.1. The lowest BCUT2D eigenvalue weighted by Gasteiger charge is -2.23. The number of amides is 4. The SMILES string of the molecule is CC(=O)c1ccccc1NC(=O)CN1C(=O)NC(C)(c2ccc(Cl)cc2Cl)C1=O. The van der Waals surface area contributed by atoms with E-state index >= 15 is 0 Å². The van der Waals surface area contributed by atoms with Crippen molar-refractivity contribution in [2.24, 2.45) is 0 Å². The van der Waals surface area contributed by atoms with Crippen LogP contribution in [0, 0.1) is 0 Å². The fraction of sp³-hybridized carbons (Fsp3) is 0.200. The van der Waals surface area contributed by atoms with Gasteiger partial charge in [-0.05, 0) is 38.1 Å². The molecule has 0 aliphatic carbocycles. The first-order valence-corrected chi connectivity index (χ1v) is 9.38. The zero-order valence-corrected chi connectivity index (χ0v) is 17.1. The van der Waals surface area contributed by atoms with Crippen LogP contribution in [0.2, 0.25) is 10.0 Å². The van der Waals surface area contributed by atoms with Gasteiger partial charge < -0.3 is 10.6 Å². The molecular weight excluding hydrogens is 417 g/mol. The smallest absolute Gasteiger partial charge is 0.324 e. The Morgan fingerprint density at radius 3 is 2.48 bits per heavy atom. The average molecular weight is 434 g/mol. The number of benzene rings is 2. The molecule has 2 aromatic rings. The van der Waals surface area contributed by atoms with Crippen LogP contribution >= 0.6 is 23.2 Å². The van der Waals surface area contributed by atoms with Gasteiger partial charge in [0.1, 0.15) is 12.1 Å².